The Balaban J connectivity index is 1.70. The highest BCUT2D eigenvalue weighted by atomic mass is 16.2. The minimum Gasteiger partial charge on any atom is -0.351 e. The Bertz CT molecular complexity index is 1050. The van der Waals surface area contributed by atoms with Crippen molar-refractivity contribution in [3.05, 3.63) is 76.2 Å². The normalized spacial score (nSPS) is 16.2. The van der Waals surface area contributed by atoms with Crippen LogP contribution in [0.3, 0.4) is 0 Å². The maximum absolute atomic E-state index is 12.8. The lowest BCUT2D eigenvalue weighted by molar-refractivity contribution is -0.117. The molecular formula is C19H15N3O3. The predicted octanol–water partition coefficient (Wildman–Crippen LogP) is 1.99. The number of aromatic amines is 1. The molecule has 1 atom stereocenters. The number of amides is 2. The van der Waals surface area contributed by atoms with E-state index >= 15 is 0 Å². The van der Waals surface area contributed by atoms with E-state index in [0.29, 0.717) is 27.6 Å². The molecule has 6 nitrogen and oxygen atoms in total. The van der Waals surface area contributed by atoms with Crippen LogP contribution in [0, 0.1) is 0 Å². The molecule has 0 radical (unpaired) electrons. The van der Waals surface area contributed by atoms with E-state index in [9.17, 15) is 14.4 Å². The van der Waals surface area contributed by atoms with E-state index in [1.54, 1.807) is 48.7 Å². The molecule has 0 aliphatic carbocycles. The molecule has 0 bridgehead atoms. The van der Waals surface area contributed by atoms with Crippen LogP contribution in [0.4, 0.5) is 5.69 Å². The van der Waals surface area contributed by atoms with Gasteiger partial charge in [0.25, 0.3) is 11.5 Å². The number of rotatable bonds is 2. The van der Waals surface area contributed by atoms with Gasteiger partial charge in [0.05, 0.1) is 5.92 Å². The van der Waals surface area contributed by atoms with Crippen LogP contribution in [-0.4, -0.2) is 23.3 Å². The van der Waals surface area contributed by atoms with E-state index in [4.69, 9.17) is 0 Å². The highest BCUT2D eigenvalue weighted by molar-refractivity contribution is 6.07. The van der Waals surface area contributed by atoms with Gasteiger partial charge in [0.15, 0.2) is 0 Å². The van der Waals surface area contributed by atoms with Crippen molar-refractivity contribution in [2.24, 2.45) is 0 Å². The molecule has 4 rings (SSSR count). The molecule has 25 heavy (non-hydrogen) atoms. The smallest absolute Gasteiger partial charge is 0.255 e. The minimum atomic E-state index is -0.480. The average molecular weight is 333 g/mol. The van der Waals surface area contributed by atoms with E-state index < -0.39 is 5.92 Å². The Kier molecular flexibility index (Phi) is 3.57. The lowest BCUT2D eigenvalue weighted by atomic mass is 9.89. The third-order valence-electron chi connectivity index (χ3n) is 4.44. The number of carbonyl (C=O) groups excluding carboxylic acids is 2. The third-order valence-corrected chi connectivity index (χ3v) is 4.44. The van der Waals surface area contributed by atoms with Gasteiger partial charge in [0.2, 0.25) is 5.91 Å². The lowest BCUT2D eigenvalue weighted by Gasteiger charge is -2.25. The van der Waals surface area contributed by atoms with Crippen LogP contribution in [0.25, 0.3) is 10.8 Å². The maximum Gasteiger partial charge on any atom is 0.255 e. The van der Waals surface area contributed by atoms with Gasteiger partial charge in [0.1, 0.15) is 0 Å². The molecule has 3 aromatic rings. The van der Waals surface area contributed by atoms with Gasteiger partial charge in [-0.3, -0.25) is 14.4 Å². The largest absolute Gasteiger partial charge is 0.351 e. The Morgan fingerprint density at radius 1 is 1.00 bits per heavy atom. The highest BCUT2D eigenvalue weighted by Crippen LogP contribution is 2.27. The van der Waals surface area contributed by atoms with E-state index in [2.05, 4.69) is 15.6 Å². The first-order valence-corrected chi connectivity index (χ1v) is 7.93. The Labute approximate surface area is 142 Å². The minimum absolute atomic E-state index is 0.170. The van der Waals surface area contributed by atoms with Gasteiger partial charge >= 0.3 is 0 Å². The van der Waals surface area contributed by atoms with Crippen molar-refractivity contribution in [3.63, 3.8) is 0 Å². The summed E-state index contributed by atoms with van der Waals surface area (Å²) in [7, 11) is 0. The van der Waals surface area contributed by atoms with Crippen molar-refractivity contribution in [2.75, 3.05) is 11.9 Å². The fourth-order valence-corrected chi connectivity index (χ4v) is 3.19. The van der Waals surface area contributed by atoms with Crippen LogP contribution < -0.4 is 16.2 Å². The Hall–Kier alpha value is -3.41. The van der Waals surface area contributed by atoms with Crippen LogP contribution in [0.15, 0.2) is 59.5 Å². The zero-order chi connectivity index (χ0) is 17.4. The zero-order valence-corrected chi connectivity index (χ0v) is 13.2. The van der Waals surface area contributed by atoms with Crippen molar-refractivity contribution in [3.8, 4) is 0 Å². The van der Waals surface area contributed by atoms with E-state index in [1.807, 2.05) is 6.07 Å². The van der Waals surface area contributed by atoms with Gasteiger partial charge in [-0.25, -0.2) is 0 Å². The summed E-state index contributed by atoms with van der Waals surface area (Å²) in [6.07, 6.45) is 1.55. The lowest BCUT2D eigenvalue weighted by Crippen LogP contribution is -2.40. The van der Waals surface area contributed by atoms with E-state index in [-0.39, 0.29) is 23.9 Å². The standard InChI is InChI=1S/C19H15N3O3/c23-17-14-6-3-7-16(12(14)8-9-20-17)22-19(25)15-10-21-18(24)13-5-2-1-4-11(13)15/h1-9,15H,10H2,(H,20,23)(H,21,24)(H,22,25). The second-order valence-electron chi connectivity index (χ2n) is 5.91. The zero-order valence-electron chi connectivity index (χ0n) is 13.2. The summed E-state index contributed by atoms with van der Waals surface area (Å²) in [6, 6.07) is 14.0. The first-order valence-electron chi connectivity index (χ1n) is 7.93. The van der Waals surface area contributed by atoms with Crippen molar-refractivity contribution < 1.29 is 9.59 Å². The SMILES string of the molecule is O=C1NCC(C(=O)Nc2cccc3c(=O)[nH]ccc23)c2ccccc21. The molecule has 124 valence electrons. The molecule has 1 aromatic heterocycles. The molecular weight excluding hydrogens is 318 g/mol. The second-order valence-corrected chi connectivity index (χ2v) is 5.91. The number of hydrogen-bond acceptors (Lipinski definition) is 3. The molecule has 6 heteroatoms. The summed E-state index contributed by atoms with van der Waals surface area (Å²) in [5.74, 6) is -0.872. The van der Waals surface area contributed by atoms with Crippen LogP contribution in [-0.2, 0) is 4.79 Å². The number of pyridine rings is 1. The summed E-state index contributed by atoms with van der Waals surface area (Å²) < 4.78 is 0. The number of fused-ring (bicyclic) bond motifs is 2. The monoisotopic (exact) mass is 333 g/mol. The summed E-state index contributed by atoms with van der Waals surface area (Å²) in [4.78, 5) is 39.3. The van der Waals surface area contributed by atoms with Crippen LogP contribution in [0.2, 0.25) is 0 Å². The first kappa shape index (κ1) is 15.1. The number of aromatic nitrogens is 1. The fourth-order valence-electron chi connectivity index (χ4n) is 3.19. The number of H-pyrrole nitrogens is 1. The molecule has 0 fully saturated rings. The molecule has 2 aromatic carbocycles. The van der Waals surface area contributed by atoms with Crippen LogP contribution in [0.1, 0.15) is 21.8 Å². The number of benzene rings is 2. The maximum atomic E-state index is 12.8. The van der Waals surface area contributed by atoms with Gasteiger partial charge < -0.3 is 15.6 Å². The topological polar surface area (TPSA) is 91.1 Å². The van der Waals surface area contributed by atoms with Crippen LogP contribution >= 0.6 is 0 Å². The third kappa shape index (κ3) is 2.57. The summed E-state index contributed by atoms with van der Waals surface area (Å²) in [5.41, 5.74) is 1.59. The molecule has 1 aliphatic rings. The van der Waals surface area contributed by atoms with Gasteiger partial charge in [-0.05, 0) is 29.8 Å². The summed E-state index contributed by atoms with van der Waals surface area (Å²) >= 11 is 0. The van der Waals surface area contributed by atoms with Crippen LogP contribution in [0.5, 0.6) is 0 Å². The molecule has 1 unspecified atom stereocenters. The average Bonchev–Trinajstić information content (AvgIpc) is 2.63. The van der Waals surface area contributed by atoms with E-state index in [0.717, 1.165) is 0 Å². The number of anilines is 1. The van der Waals surface area contributed by atoms with Crippen molar-refractivity contribution in [1.29, 1.82) is 0 Å². The number of carbonyl (C=O) groups is 2. The van der Waals surface area contributed by atoms with Crippen molar-refractivity contribution in [2.45, 2.75) is 5.92 Å². The van der Waals surface area contributed by atoms with Gasteiger partial charge in [0, 0.05) is 34.8 Å². The molecule has 2 amide bonds. The quantitative estimate of drug-likeness (QED) is 0.670. The Morgan fingerprint density at radius 3 is 2.72 bits per heavy atom. The Morgan fingerprint density at radius 2 is 1.84 bits per heavy atom. The molecule has 0 spiro atoms. The molecule has 3 N–H and O–H groups in total. The second kappa shape index (κ2) is 5.90. The summed E-state index contributed by atoms with van der Waals surface area (Å²) in [6.45, 7) is 0.243. The summed E-state index contributed by atoms with van der Waals surface area (Å²) in [5, 5.41) is 6.83. The molecule has 0 saturated heterocycles. The van der Waals surface area contributed by atoms with Gasteiger partial charge in [-0.1, -0.05) is 24.3 Å². The number of hydrogen-bond donors (Lipinski definition) is 3. The molecule has 0 saturated carbocycles. The number of nitrogens with one attached hydrogen (secondary N) is 3. The van der Waals surface area contributed by atoms with E-state index in [1.165, 1.54) is 0 Å². The predicted molar refractivity (Wildman–Crippen MR) is 94.7 cm³/mol. The van der Waals surface area contributed by atoms with Gasteiger partial charge in [-0.2, -0.15) is 0 Å². The molecule has 1 aliphatic heterocycles. The first-order chi connectivity index (χ1) is 12.1. The molecule has 2 heterocycles. The van der Waals surface area contributed by atoms with Crippen molar-refractivity contribution >= 4 is 28.3 Å². The van der Waals surface area contributed by atoms with Gasteiger partial charge in [-0.15, -0.1) is 0 Å². The fraction of sp³-hybridized carbons (Fsp3) is 0.105. The highest BCUT2D eigenvalue weighted by Gasteiger charge is 2.30. The van der Waals surface area contributed by atoms with Crippen molar-refractivity contribution in [1.82, 2.24) is 10.3 Å².